The first-order valence-electron chi connectivity index (χ1n) is 10.9. The Hall–Kier alpha value is -2.68. The van der Waals surface area contributed by atoms with E-state index < -0.39 is 5.91 Å². The number of hydrogen-bond acceptors (Lipinski definition) is 5. The Labute approximate surface area is 201 Å². The van der Waals surface area contributed by atoms with Gasteiger partial charge in [-0.05, 0) is 36.6 Å². The SMILES string of the molecule is CC(=O)N1CCNC(Cc2sc3c(=O)c(C(=O)NCc4ccc(Cl)cc4)cn(C)c3c2C)C1. The van der Waals surface area contributed by atoms with Crippen molar-refractivity contribution in [2.45, 2.75) is 32.9 Å². The van der Waals surface area contributed by atoms with Crippen LogP contribution in [0.5, 0.6) is 0 Å². The number of benzene rings is 1. The minimum absolute atomic E-state index is 0.0806. The summed E-state index contributed by atoms with van der Waals surface area (Å²) in [7, 11) is 1.86. The molecule has 1 aliphatic rings. The van der Waals surface area contributed by atoms with Crippen molar-refractivity contribution in [3.8, 4) is 0 Å². The Morgan fingerprint density at radius 3 is 2.70 bits per heavy atom. The molecule has 2 N–H and O–H groups in total. The molecular weight excluding hydrogens is 460 g/mol. The molecule has 1 aliphatic heterocycles. The quantitative estimate of drug-likeness (QED) is 0.581. The zero-order valence-corrected chi connectivity index (χ0v) is 20.5. The molecular formula is C24H27ClN4O3S. The summed E-state index contributed by atoms with van der Waals surface area (Å²) in [6.45, 7) is 6.04. The molecule has 0 saturated carbocycles. The number of aromatic nitrogens is 1. The van der Waals surface area contributed by atoms with Crippen LogP contribution in [0.4, 0.5) is 0 Å². The summed E-state index contributed by atoms with van der Waals surface area (Å²) in [6, 6.07) is 7.34. The summed E-state index contributed by atoms with van der Waals surface area (Å²) >= 11 is 7.35. The molecule has 0 spiro atoms. The van der Waals surface area contributed by atoms with Crippen molar-refractivity contribution in [3.05, 3.63) is 67.3 Å². The first kappa shape index (κ1) is 23.5. The number of rotatable bonds is 5. The number of aryl methyl sites for hydroxylation is 2. The summed E-state index contributed by atoms with van der Waals surface area (Å²) in [5.41, 5.74) is 2.68. The van der Waals surface area contributed by atoms with Gasteiger partial charge in [-0.1, -0.05) is 23.7 Å². The number of fused-ring (bicyclic) bond motifs is 1. The molecule has 3 aromatic rings. The van der Waals surface area contributed by atoms with E-state index in [1.54, 1.807) is 25.3 Å². The summed E-state index contributed by atoms with van der Waals surface area (Å²) in [4.78, 5) is 40.8. The molecule has 1 aromatic carbocycles. The number of pyridine rings is 1. The van der Waals surface area contributed by atoms with Crippen LogP contribution >= 0.6 is 22.9 Å². The first-order chi connectivity index (χ1) is 15.7. The van der Waals surface area contributed by atoms with Gasteiger partial charge in [-0.2, -0.15) is 0 Å². The third kappa shape index (κ3) is 4.98. The summed E-state index contributed by atoms with van der Waals surface area (Å²) in [6.07, 6.45) is 2.34. The Morgan fingerprint density at radius 2 is 2.00 bits per heavy atom. The van der Waals surface area contributed by atoms with E-state index in [1.165, 1.54) is 11.3 Å². The number of carbonyl (C=O) groups is 2. The Bertz CT molecular complexity index is 1270. The maximum Gasteiger partial charge on any atom is 0.257 e. The molecule has 2 aromatic heterocycles. The highest BCUT2D eigenvalue weighted by molar-refractivity contribution is 7.19. The first-order valence-corrected chi connectivity index (χ1v) is 12.1. The molecule has 2 amide bonds. The number of nitrogens with one attached hydrogen (secondary N) is 2. The van der Waals surface area contributed by atoms with Gasteiger partial charge in [0, 0.05) is 62.3 Å². The third-order valence-electron chi connectivity index (χ3n) is 6.08. The monoisotopic (exact) mass is 486 g/mol. The minimum atomic E-state index is -0.397. The normalized spacial score (nSPS) is 16.2. The van der Waals surface area contributed by atoms with Gasteiger partial charge in [0.15, 0.2) is 0 Å². The van der Waals surface area contributed by atoms with Gasteiger partial charge in [0.2, 0.25) is 11.3 Å². The molecule has 7 nitrogen and oxygen atoms in total. The molecule has 174 valence electrons. The second-order valence-electron chi connectivity index (χ2n) is 8.44. The minimum Gasteiger partial charge on any atom is -0.349 e. The molecule has 1 unspecified atom stereocenters. The molecule has 1 fully saturated rings. The van der Waals surface area contributed by atoms with Crippen LogP contribution in [0.25, 0.3) is 10.2 Å². The third-order valence-corrected chi connectivity index (χ3v) is 7.64. The van der Waals surface area contributed by atoms with Crippen LogP contribution < -0.4 is 16.1 Å². The Kier molecular flexibility index (Phi) is 6.88. The lowest BCUT2D eigenvalue weighted by Gasteiger charge is -2.33. The number of thiophene rings is 1. The van der Waals surface area contributed by atoms with Crippen molar-refractivity contribution in [2.75, 3.05) is 19.6 Å². The highest BCUT2D eigenvalue weighted by Gasteiger charge is 2.25. The van der Waals surface area contributed by atoms with Crippen molar-refractivity contribution in [1.82, 2.24) is 20.1 Å². The maximum atomic E-state index is 13.2. The second kappa shape index (κ2) is 9.67. The molecule has 0 aliphatic carbocycles. The Morgan fingerprint density at radius 1 is 1.27 bits per heavy atom. The fraction of sp³-hybridized carbons (Fsp3) is 0.375. The maximum absolute atomic E-state index is 13.2. The molecule has 33 heavy (non-hydrogen) atoms. The van der Waals surface area contributed by atoms with E-state index in [2.05, 4.69) is 10.6 Å². The fourth-order valence-corrected chi connectivity index (χ4v) is 5.78. The molecule has 1 atom stereocenters. The molecule has 3 heterocycles. The number of halogens is 1. The van der Waals surface area contributed by atoms with Crippen LogP contribution in [-0.4, -0.2) is 47.0 Å². The topological polar surface area (TPSA) is 83.4 Å². The number of nitrogens with zero attached hydrogens (tertiary/aromatic N) is 2. The molecule has 9 heteroatoms. The largest absolute Gasteiger partial charge is 0.349 e. The molecule has 1 saturated heterocycles. The summed E-state index contributed by atoms with van der Waals surface area (Å²) in [5, 5.41) is 6.94. The van der Waals surface area contributed by atoms with Gasteiger partial charge >= 0.3 is 0 Å². The molecule has 4 rings (SSSR count). The fourth-order valence-electron chi connectivity index (χ4n) is 4.28. The van der Waals surface area contributed by atoms with Crippen LogP contribution in [0.15, 0.2) is 35.3 Å². The van der Waals surface area contributed by atoms with E-state index in [0.717, 1.165) is 34.5 Å². The number of hydrogen-bond donors (Lipinski definition) is 2. The summed E-state index contributed by atoms with van der Waals surface area (Å²) in [5.74, 6) is -0.317. The van der Waals surface area contributed by atoms with Crippen molar-refractivity contribution < 1.29 is 9.59 Å². The zero-order valence-electron chi connectivity index (χ0n) is 18.9. The second-order valence-corrected chi connectivity index (χ2v) is 9.98. The van der Waals surface area contributed by atoms with Gasteiger partial charge in [0.05, 0.1) is 10.2 Å². The van der Waals surface area contributed by atoms with E-state index in [4.69, 9.17) is 11.6 Å². The van der Waals surface area contributed by atoms with Crippen LogP contribution in [0.3, 0.4) is 0 Å². The van der Waals surface area contributed by atoms with Gasteiger partial charge in [-0.3, -0.25) is 14.4 Å². The van der Waals surface area contributed by atoms with E-state index in [-0.39, 0.29) is 22.9 Å². The zero-order chi connectivity index (χ0) is 23.7. The van der Waals surface area contributed by atoms with Crippen molar-refractivity contribution >= 4 is 45.0 Å². The van der Waals surface area contributed by atoms with Crippen LogP contribution in [0, 0.1) is 6.92 Å². The van der Waals surface area contributed by atoms with Crippen LogP contribution in [0.1, 0.15) is 33.3 Å². The standard InChI is InChI=1S/C24H27ClN4O3S/c1-14-20(10-18-12-29(15(2)30)9-8-26-18)33-23-21(14)28(3)13-19(22(23)31)24(32)27-11-16-4-6-17(25)7-5-16/h4-7,13,18,26H,8-12H2,1-3H3,(H,27,32). The lowest BCUT2D eigenvalue weighted by molar-refractivity contribution is -0.130. The number of carbonyl (C=O) groups excluding carboxylic acids is 2. The van der Waals surface area contributed by atoms with Crippen LogP contribution in [-0.2, 0) is 24.8 Å². The number of amides is 2. The van der Waals surface area contributed by atoms with E-state index >= 15 is 0 Å². The van der Waals surface area contributed by atoms with E-state index in [0.29, 0.717) is 29.4 Å². The smallest absolute Gasteiger partial charge is 0.257 e. The van der Waals surface area contributed by atoms with E-state index in [1.807, 2.05) is 35.6 Å². The van der Waals surface area contributed by atoms with Gasteiger partial charge in [-0.25, -0.2) is 0 Å². The Balaban J connectivity index is 1.57. The average Bonchev–Trinajstić information content (AvgIpc) is 3.12. The molecule has 0 bridgehead atoms. The predicted molar refractivity (Wildman–Crippen MR) is 132 cm³/mol. The van der Waals surface area contributed by atoms with Crippen LogP contribution in [0.2, 0.25) is 5.02 Å². The summed E-state index contributed by atoms with van der Waals surface area (Å²) < 4.78 is 2.45. The highest BCUT2D eigenvalue weighted by atomic mass is 35.5. The van der Waals surface area contributed by atoms with Crippen molar-refractivity contribution in [2.24, 2.45) is 7.05 Å². The average molecular weight is 487 g/mol. The highest BCUT2D eigenvalue weighted by Crippen LogP contribution is 2.30. The van der Waals surface area contributed by atoms with Gasteiger partial charge < -0.3 is 20.1 Å². The lowest BCUT2D eigenvalue weighted by atomic mass is 10.1. The van der Waals surface area contributed by atoms with E-state index in [9.17, 15) is 14.4 Å². The van der Waals surface area contributed by atoms with Gasteiger partial charge in [0.1, 0.15) is 5.56 Å². The van der Waals surface area contributed by atoms with Gasteiger partial charge in [0.25, 0.3) is 5.91 Å². The predicted octanol–water partition coefficient (Wildman–Crippen LogP) is 2.85. The van der Waals surface area contributed by atoms with Crippen molar-refractivity contribution in [3.63, 3.8) is 0 Å². The lowest BCUT2D eigenvalue weighted by Crippen LogP contribution is -2.52. The van der Waals surface area contributed by atoms with Crippen molar-refractivity contribution in [1.29, 1.82) is 0 Å². The van der Waals surface area contributed by atoms with Gasteiger partial charge in [-0.15, -0.1) is 11.3 Å². The molecule has 0 radical (unpaired) electrons. The number of piperazine rings is 1.